The highest BCUT2D eigenvalue weighted by Gasteiger charge is 2.31. The summed E-state index contributed by atoms with van der Waals surface area (Å²) in [6.07, 6.45) is -0.537. The first-order chi connectivity index (χ1) is 13.0. The van der Waals surface area contributed by atoms with E-state index in [1.165, 1.54) is 7.11 Å². The lowest BCUT2D eigenvalue weighted by atomic mass is 10.1. The number of hydrogen-bond acceptors (Lipinski definition) is 5. The Morgan fingerprint density at radius 2 is 1.85 bits per heavy atom. The molecule has 0 saturated heterocycles. The van der Waals surface area contributed by atoms with Gasteiger partial charge < -0.3 is 19.7 Å². The van der Waals surface area contributed by atoms with Crippen molar-refractivity contribution in [3.05, 3.63) is 54.1 Å². The van der Waals surface area contributed by atoms with Gasteiger partial charge in [0.2, 0.25) is 5.91 Å². The predicted molar refractivity (Wildman–Crippen MR) is 99.9 cm³/mol. The number of anilines is 2. The van der Waals surface area contributed by atoms with Crippen molar-refractivity contribution < 1.29 is 23.9 Å². The number of carbonyl (C=O) groups excluding carboxylic acids is 3. The molecule has 27 heavy (non-hydrogen) atoms. The van der Waals surface area contributed by atoms with E-state index in [4.69, 9.17) is 9.47 Å². The lowest BCUT2D eigenvalue weighted by molar-refractivity contribution is -0.125. The molecule has 0 aliphatic carbocycles. The average Bonchev–Trinajstić information content (AvgIpc) is 2.68. The summed E-state index contributed by atoms with van der Waals surface area (Å²) in [5.74, 6) is -0.426. The third kappa shape index (κ3) is 3.92. The summed E-state index contributed by atoms with van der Waals surface area (Å²) in [5.41, 5.74) is 1.29. The van der Waals surface area contributed by atoms with Gasteiger partial charge in [0.15, 0.2) is 6.10 Å². The van der Waals surface area contributed by atoms with Crippen LogP contribution in [0.15, 0.2) is 48.5 Å². The molecule has 140 valence electrons. The van der Waals surface area contributed by atoms with Crippen LogP contribution in [0, 0.1) is 0 Å². The van der Waals surface area contributed by atoms with Crippen molar-refractivity contribution in [1.29, 1.82) is 0 Å². The number of rotatable bonds is 5. The Kier molecular flexibility index (Phi) is 5.40. The Balaban J connectivity index is 1.70. The standard InChI is InChI=1S/C20H20N2O5/c1-13-19(24)22(16-9-5-6-10-17(16)27-13)12-11-18(23)21-15-8-4-3-7-14(15)20(25)26-2/h3-10,13H,11-12H2,1-2H3,(H,21,23). The first kappa shape index (κ1) is 18.4. The van der Waals surface area contributed by atoms with Gasteiger partial charge in [0.25, 0.3) is 5.91 Å². The second-order valence-corrected chi connectivity index (χ2v) is 6.05. The highest BCUT2D eigenvalue weighted by Crippen LogP contribution is 2.33. The van der Waals surface area contributed by atoms with Crippen molar-refractivity contribution in [2.24, 2.45) is 0 Å². The highest BCUT2D eigenvalue weighted by molar-refractivity contribution is 6.03. The summed E-state index contributed by atoms with van der Waals surface area (Å²) in [6, 6.07) is 13.8. The number of hydrogen-bond donors (Lipinski definition) is 1. The van der Waals surface area contributed by atoms with Crippen LogP contribution in [0.4, 0.5) is 11.4 Å². The largest absolute Gasteiger partial charge is 0.479 e. The maximum Gasteiger partial charge on any atom is 0.339 e. The van der Waals surface area contributed by atoms with Crippen LogP contribution >= 0.6 is 0 Å². The molecule has 3 rings (SSSR count). The maximum atomic E-state index is 12.4. The number of amides is 2. The number of nitrogens with one attached hydrogen (secondary N) is 1. The third-order valence-corrected chi connectivity index (χ3v) is 4.24. The van der Waals surface area contributed by atoms with Gasteiger partial charge in [-0.3, -0.25) is 9.59 Å². The van der Waals surface area contributed by atoms with Crippen LogP contribution in [0.2, 0.25) is 0 Å². The molecule has 1 unspecified atom stereocenters. The minimum Gasteiger partial charge on any atom is -0.479 e. The number of fused-ring (bicyclic) bond motifs is 1. The number of ether oxygens (including phenoxy) is 2. The Bertz CT molecular complexity index is 880. The van der Waals surface area contributed by atoms with Gasteiger partial charge in [-0.05, 0) is 31.2 Å². The normalized spacial score (nSPS) is 15.6. The Morgan fingerprint density at radius 3 is 2.63 bits per heavy atom. The van der Waals surface area contributed by atoms with Gasteiger partial charge in [0.05, 0.1) is 24.0 Å². The van der Waals surface area contributed by atoms with Gasteiger partial charge in [-0.2, -0.15) is 0 Å². The van der Waals surface area contributed by atoms with E-state index in [-0.39, 0.29) is 30.3 Å². The molecule has 0 saturated carbocycles. The van der Waals surface area contributed by atoms with Gasteiger partial charge in [-0.15, -0.1) is 0 Å². The fraction of sp³-hybridized carbons (Fsp3) is 0.250. The van der Waals surface area contributed by atoms with E-state index in [9.17, 15) is 14.4 Å². The van der Waals surface area contributed by atoms with Gasteiger partial charge in [-0.1, -0.05) is 24.3 Å². The molecular formula is C20H20N2O5. The van der Waals surface area contributed by atoms with Crippen molar-refractivity contribution in [3.63, 3.8) is 0 Å². The quantitative estimate of drug-likeness (QED) is 0.820. The van der Waals surface area contributed by atoms with Gasteiger partial charge in [0.1, 0.15) is 5.75 Å². The molecule has 0 fully saturated rings. The molecule has 7 heteroatoms. The minimum atomic E-state index is -0.608. The van der Waals surface area contributed by atoms with Crippen molar-refractivity contribution in [3.8, 4) is 5.75 Å². The van der Waals surface area contributed by atoms with Crippen molar-refractivity contribution in [2.75, 3.05) is 23.9 Å². The van der Waals surface area contributed by atoms with Crippen LogP contribution in [0.1, 0.15) is 23.7 Å². The molecule has 0 aromatic heterocycles. The topological polar surface area (TPSA) is 84.9 Å². The summed E-state index contributed by atoms with van der Waals surface area (Å²) in [6.45, 7) is 1.88. The average molecular weight is 368 g/mol. The molecule has 0 bridgehead atoms. The SMILES string of the molecule is COC(=O)c1ccccc1NC(=O)CCN1C(=O)C(C)Oc2ccccc21. The van der Waals surface area contributed by atoms with Crippen LogP contribution in [0.5, 0.6) is 5.75 Å². The van der Waals surface area contributed by atoms with Crippen LogP contribution in [-0.2, 0) is 14.3 Å². The summed E-state index contributed by atoms with van der Waals surface area (Å²) >= 11 is 0. The number of nitrogens with zero attached hydrogens (tertiary/aromatic N) is 1. The lowest BCUT2D eigenvalue weighted by Crippen LogP contribution is -2.45. The Morgan fingerprint density at radius 1 is 1.15 bits per heavy atom. The number of benzene rings is 2. The predicted octanol–water partition coefficient (Wildman–Crippen LogP) is 2.62. The molecule has 1 N–H and O–H groups in total. The van der Waals surface area contributed by atoms with Crippen LogP contribution in [0.3, 0.4) is 0 Å². The molecule has 2 amide bonds. The summed E-state index contributed by atoms with van der Waals surface area (Å²) in [7, 11) is 1.28. The fourth-order valence-electron chi connectivity index (χ4n) is 2.90. The Labute approximate surface area is 156 Å². The molecule has 2 aromatic carbocycles. The third-order valence-electron chi connectivity index (χ3n) is 4.24. The molecule has 0 spiro atoms. The molecular weight excluding hydrogens is 348 g/mol. The van der Waals surface area contributed by atoms with Crippen molar-refractivity contribution in [2.45, 2.75) is 19.4 Å². The van der Waals surface area contributed by atoms with Crippen molar-refractivity contribution in [1.82, 2.24) is 0 Å². The zero-order valence-corrected chi connectivity index (χ0v) is 15.1. The first-order valence-corrected chi connectivity index (χ1v) is 8.55. The van der Waals surface area contributed by atoms with E-state index < -0.39 is 12.1 Å². The van der Waals surface area contributed by atoms with Gasteiger partial charge >= 0.3 is 5.97 Å². The number of carbonyl (C=O) groups is 3. The van der Waals surface area contributed by atoms with E-state index in [0.717, 1.165) is 0 Å². The maximum absolute atomic E-state index is 12.4. The zero-order chi connectivity index (χ0) is 19.4. The smallest absolute Gasteiger partial charge is 0.339 e. The molecule has 1 aliphatic rings. The molecule has 0 radical (unpaired) electrons. The van der Waals surface area contributed by atoms with Crippen LogP contribution < -0.4 is 15.0 Å². The number of esters is 1. The van der Waals surface area contributed by atoms with E-state index in [0.29, 0.717) is 17.1 Å². The summed E-state index contributed by atoms with van der Waals surface area (Å²) < 4.78 is 10.3. The van der Waals surface area contributed by atoms with E-state index in [1.807, 2.05) is 12.1 Å². The van der Waals surface area contributed by atoms with Crippen LogP contribution in [0.25, 0.3) is 0 Å². The number of para-hydroxylation sites is 3. The molecule has 1 atom stereocenters. The second-order valence-electron chi connectivity index (χ2n) is 6.05. The second kappa shape index (κ2) is 7.90. The van der Waals surface area contributed by atoms with E-state index in [2.05, 4.69) is 5.32 Å². The highest BCUT2D eigenvalue weighted by atomic mass is 16.5. The van der Waals surface area contributed by atoms with E-state index in [1.54, 1.807) is 48.2 Å². The Hall–Kier alpha value is -3.35. The monoisotopic (exact) mass is 368 g/mol. The summed E-state index contributed by atoms with van der Waals surface area (Å²) in [5, 5.41) is 2.71. The van der Waals surface area contributed by atoms with Crippen molar-refractivity contribution >= 4 is 29.2 Å². The fourth-order valence-corrected chi connectivity index (χ4v) is 2.90. The molecule has 1 aliphatic heterocycles. The number of methoxy groups -OCH3 is 1. The molecule has 2 aromatic rings. The van der Waals surface area contributed by atoms with Gasteiger partial charge in [0, 0.05) is 13.0 Å². The van der Waals surface area contributed by atoms with Gasteiger partial charge in [-0.25, -0.2) is 4.79 Å². The molecule has 1 heterocycles. The summed E-state index contributed by atoms with van der Waals surface area (Å²) in [4.78, 5) is 38.2. The molecule has 7 nitrogen and oxygen atoms in total. The van der Waals surface area contributed by atoms with E-state index >= 15 is 0 Å². The van der Waals surface area contributed by atoms with Crippen LogP contribution in [-0.4, -0.2) is 37.5 Å². The zero-order valence-electron chi connectivity index (χ0n) is 15.1. The minimum absolute atomic E-state index is 0.0717. The first-order valence-electron chi connectivity index (χ1n) is 8.55. The lowest BCUT2D eigenvalue weighted by Gasteiger charge is -2.32.